The fourth-order valence-electron chi connectivity index (χ4n) is 1.29. The van der Waals surface area contributed by atoms with Gasteiger partial charge in [-0.25, -0.2) is 0 Å². The Bertz CT molecular complexity index is 165. The van der Waals surface area contributed by atoms with Crippen molar-refractivity contribution in [3.05, 3.63) is 0 Å². The second-order valence-electron chi connectivity index (χ2n) is 3.49. The van der Waals surface area contributed by atoms with E-state index in [-0.39, 0.29) is 6.42 Å². The number of rotatable bonds is 7. The minimum Gasteiger partial charge on any atom is -0.481 e. The van der Waals surface area contributed by atoms with Gasteiger partial charge in [-0.2, -0.15) is 0 Å². The Hall–Kier alpha value is -0.610. The van der Waals surface area contributed by atoms with Crippen LogP contribution in [0, 0.1) is 0 Å². The van der Waals surface area contributed by atoms with Crippen molar-refractivity contribution in [3.8, 4) is 0 Å². The van der Waals surface area contributed by atoms with Gasteiger partial charge >= 0.3 is 5.97 Å². The number of hydrogen-bond acceptors (Lipinski definition) is 3. The maximum Gasteiger partial charge on any atom is 0.305 e. The van der Waals surface area contributed by atoms with E-state index in [1.807, 2.05) is 0 Å². The fourth-order valence-corrected chi connectivity index (χ4v) is 1.29. The molecular weight excluding hydrogens is 172 g/mol. The van der Waals surface area contributed by atoms with Crippen molar-refractivity contribution in [2.45, 2.75) is 44.3 Å². The van der Waals surface area contributed by atoms with Crippen LogP contribution in [-0.4, -0.2) is 35.0 Å². The molecule has 0 aromatic carbocycles. The van der Waals surface area contributed by atoms with E-state index in [0.29, 0.717) is 12.5 Å². The van der Waals surface area contributed by atoms with Crippen LogP contribution in [0.5, 0.6) is 0 Å². The lowest BCUT2D eigenvalue weighted by molar-refractivity contribution is -0.139. The molecule has 0 aromatic rings. The second kappa shape index (κ2) is 5.19. The van der Waals surface area contributed by atoms with Crippen molar-refractivity contribution < 1.29 is 19.7 Å². The summed E-state index contributed by atoms with van der Waals surface area (Å²) in [6.07, 6.45) is 3.14. The first-order valence-electron chi connectivity index (χ1n) is 4.70. The standard InChI is InChI=1S/C9H16O4/c10-7(5-9(11)12)3-1-2-4-8-6-13-8/h7-8,10H,1-6H2,(H,11,12). The van der Waals surface area contributed by atoms with E-state index in [4.69, 9.17) is 9.84 Å². The van der Waals surface area contributed by atoms with Gasteiger partial charge in [-0.15, -0.1) is 0 Å². The van der Waals surface area contributed by atoms with Gasteiger partial charge in [0.1, 0.15) is 0 Å². The highest BCUT2D eigenvalue weighted by atomic mass is 16.6. The average molecular weight is 188 g/mol. The summed E-state index contributed by atoms with van der Waals surface area (Å²) in [5.41, 5.74) is 0. The van der Waals surface area contributed by atoms with Gasteiger partial charge < -0.3 is 14.9 Å². The number of carboxylic acids is 1. The Kier molecular flexibility index (Phi) is 4.18. The van der Waals surface area contributed by atoms with Crippen molar-refractivity contribution in [3.63, 3.8) is 0 Å². The molecule has 0 amide bonds. The third-order valence-electron chi connectivity index (χ3n) is 2.13. The number of aliphatic hydroxyl groups excluding tert-OH is 1. The SMILES string of the molecule is O=C(O)CC(O)CCCCC1CO1. The topological polar surface area (TPSA) is 70.1 Å². The minimum absolute atomic E-state index is 0.139. The van der Waals surface area contributed by atoms with E-state index in [1.165, 1.54) is 0 Å². The molecule has 0 spiro atoms. The number of hydrogen-bond donors (Lipinski definition) is 2. The molecule has 0 saturated carbocycles. The van der Waals surface area contributed by atoms with Gasteiger partial charge in [0.2, 0.25) is 0 Å². The summed E-state index contributed by atoms with van der Waals surface area (Å²) in [5, 5.41) is 17.5. The molecule has 0 aromatic heterocycles. The van der Waals surface area contributed by atoms with Crippen LogP contribution in [0.15, 0.2) is 0 Å². The van der Waals surface area contributed by atoms with E-state index < -0.39 is 12.1 Å². The van der Waals surface area contributed by atoms with Crippen LogP contribution in [0.25, 0.3) is 0 Å². The van der Waals surface area contributed by atoms with Gasteiger partial charge in [0, 0.05) is 0 Å². The van der Waals surface area contributed by atoms with E-state index >= 15 is 0 Å². The Morgan fingerprint density at radius 2 is 2.23 bits per heavy atom. The Morgan fingerprint density at radius 1 is 1.54 bits per heavy atom. The van der Waals surface area contributed by atoms with Crippen LogP contribution in [0.4, 0.5) is 0 Å². The first-order valence-corrected chi connectivity index (χ1v) is 4.70. The molecule has 4 nitrogen and oxygen atoms in total. The smallest absolute Gasteiger partial charge is 0.305 e. The summed E-state index contributed by atoms with van der Waals surface area (Å²) in [6, 6.07) is 0. The van der Waals surface area contributed by atoms with Crippen LogP contribution in [-0.2, 0) is 9.53 Å². The van der Waals surface area contributed by atoms with Crippen molar-refractivity contribution >= 4 is 5.97 Å². The lowest BCUT2D eigenvalue weighted by Crippen LogP contribution is -2.12. The van der Waals surface area contributed by atoms with Gasteiger partial charge in [-0.05, 0) is 12.8 Å². The lowest BCUT2D eigenvalue weighted by atomic mass is 10.1. The molecule has 2 unspecified atom stereocenters. The number of ether oxygens (including phenoxy) is 1. The normalized spacial score (nSPS) is 22.7. The molecule has 1 rings (SSSR count). The van der Waals surface area contributed by atoms with E-state index in [2.05, 4.69) is 0 Å². The maximum absolute atomic E-state index is 10.2. The first-order chi connectivity index (χ1) is 6.18. The Balaban J connectivity index is 1.88. The molecule has 4 heteroatoms. The zero-order chi connectivity index (χ0) is 9.68. The zero-order valence-corrected chi connectivity index (χ0v) is 7.61. The molecule has 1 fully saturated rings. The molecule has 1 saturated heterocycles. The highest BCUT2D eigenvalue weighted by Crippen LogP contribution is 2.17. The van der Waals surface area contributed by atoms with Gasteiger partial charge in [-0.3, -0.25) is 4.79 Å². The van der Waals surface area contributed by atoms with Crippen molar-refractivity contribution in [1.29, 1.82) is 0 Å². The van der Waals surface area contributed by atoms with Gasteiger partial charge in [0.25, 0.3) is 0 Å². The number of aliphatic hydroxyl groups is 1. The monoisotopic (exact) mass is 188 g/mol. The molecule has 1 heterocycles. The highest BCUT2D eigenvalue weighted by Gasteiger charge is 2.21. The van der Waals surface area contributed by atoms with Crippen LogP contribution in [0.3, 0.4) is 0 Å². The van der Waals surface area contributed by atoms with E-state index in [0.717, 1.165) is 25.9 Å². The molecule has 0 radical (unpaired) electrons. The average Bonchev–Trinajstić information content (AvgIpc) is 2.80. The number of unbranched alkanes of at least 4 members (excludes halogenated alkanes) is 1. The van der Waals surface area contributed by atoms with E-state index in [9.17, 15) is 9.90 Å². The summed E-state index contributed by atoms with van der Waals surface area (Å²) in [4.78, 5) is 10.2. The first kappa shape index (κ1) is 10.5. The number of carboxylic acid groups (broad SMARTS) is 1. The highest BCUT2D eigenvalue weighted by molar-refractivity contribution is 5.67. The lowest BCUT2D eigenvalue weighted by Gasteiger charge is -2.06. The molecule has 2 N–H and O–H groups in total. The zero-order valence-electron chi connectivity index (χ0n) is 7.61. The molecule has 0 bridgehead atoms. The van der Waals surface area contributed by atoms with E-state index in [1.54, 1.807) is 0 Å². The largest absolute Gasteiger partial charge is 0.481 e. The van der Waals surface area contributed by atoms with Crippen LogP contribution in [0.1, 0.15) is 32.1 Å². The van der Waals surface area contributed by atoms with Gasteiger partial charge in [-0.1, -0.05) is 12.8 Å². The fraction of sp³-hybridized carbons (Fsp3) is 0.889. The van der Waals surface area contributed by atoms with Gasteiger partial charge in [0.15, 0.2) is 0 Å². The summed E-state index contributed by atoms with van der Waals surface area (Å²) < 4.78 is 5.02. The molecule has 76 valence electrons. The van der Waals surface area contributed by atoms with Crippen LogP contribution in [0.2, 0.25) is 0 Å². The molecular formula is C9H16O4. The summed E-state index contributed by atoms with van der Waals surface area (Å²) in [5.74, 6) is -0.932. The molecule has 0 aliphatic carbocycles. The van der Waals surface area contributed by atoms with Crippen molar-refractivity contribution in [2.75, 3.05) is 6.61 Å². The predicted molar refractivity (Wildman–Crippen MR) is 46.5 cm³/mol. The summed E-state index contributed by atoms with van der Waals surface area (Å²) in [6.45, 7) is 0.873. The molecule has 13 heavy (non-hydrogen) atoms. The molecule has 2 atom stereocenters. The molecule has 1 aliphatic rings. The Labute approximate surface area is 77.5 Å². The van der Waals surface area contributed by atoms with Gasteiger partial charge in [0.05, 0.1) is 25.2 Å². The van der Waals surface area contributed by atoms with Crippen molar-refractivity contribution in [1.82, 2.24) is 0 Å². The predicted octanol–water partition coefficient (Wildman–Crippen LogP) is 0.781. The molecule has 1 aliphatic heterocycles. The van der Waals surface area contributed by atoms with Crippen LogP contribution < -0.4 is 0 Å². The van der Waals surface area contributed by atoms with Crippen molar-refractivity contribution in [2.24, 2.45) is 0 Å². The maximum atomic E-state index is 10.2. The Morgan fingerprint density at radius 3 is 2.77 bits per heavy atom. The second-order valence-corrected chi connectivity index (χ2v) is 3.49. The third kappa shape index (κ3) is 5.60. The summed E-state index contributed by atoms with van der Waals surface area (Å²) in [7, 11) is 0. The number of aliphatic carboxylic acids is 1. The quantitative estimate of drug-likeness (QED) is 0.457. The number of carbonyl (C=O) groups is 1. The summed E-state index contributed by atoms with van der Waals surface area (Å²) >= 11 is 0. The number of epoxide rings is 1. The third-order valence-corrected chi connectivity index (χ3v) is 2.13. The van der Waals surface area contributed by atoms with Crippen LogP contribution >= 0.6 is 0 Å². The minimum atomic E-state index is -0.932.